The van der Waals surface area contributed by atoms with E-state index in [0.29, 0.717) is 0 Å². The Balaban J connectivity index is 1.99. The average Bonchev–Trinajstić information content (AvgIpc) is 2.67. The van der Waals surface area contributed by atoms with Crippen LogP contribution >= 0.6 is 0 Å². The molecule has 1 aromatic carbocycles. The Labute approximate surface area is 112 Å². The molecule has 0 spiro atoms. The number of carbonyl (C=O) groups excluding carboxylic acids is 1. The summed E-state index contributed by atoms with van der Waals surface area (Å²) >= 11 is 0. The van der Waals surface area contributed by atoms with Crippen LogP contribution in [0.25, 0.3) is 0 Å². The van der Waals surface area contributed by atoms with Crippen molar-refractivity contribution in [2.24, 2.45) is 4.99 Å². The summed E-state index contributed by atoms with van der Waals surface area (Å²) in [5.41, 5.74) is 1.39. The molecule has 0 saturated carbocycles. The van der Waals surface area contributed by atoms with Crippen molar-refractivity contribution in [2.45, 2.75) is 6.92 Å². The molecule has 0 fully saturated rings. The fourth-order valence-corrected chi connectivity index (χ4v) is 1.60. The van der Waals surface area contributed by atoms with Gasteiger partial charge in [0.15, 0.2) is 12.3 Å². The third kappa shape index (κ3) is 3.58. The lowest BCUT2D eigenvalue weighted by Gasteiger charge is -2.05. The number of carbonyl (C=O) groups is 1. The number of aliphatic imine (C=N–C) groups is 1. The molecule has 1 aromatic rings. The quantitative estimate of drug-likeness (QED) is 0.611. The zero-order chi connectivity index (χ0) is 13.8. The van der Waals surface area contributed by atoms with Crippen LogP contribution in [0.1, 0.15) is 5.56 Å². The van der Waals surface area contributed by atoms with Crippen molar-refractivity contribution in [2.75, 3.05) is 20.7 Å². The van der Waals surface area contributed by atoms with Gasteiger partial charge in [0.2, 0.25) is 5.90 Å². The lowest BCUT2D eigenvalue weighted by atomic mass is 10.2. The highest BCUT2D eigenvalue weighted by Crippen LogP contribution is 2.15. The molecule has 0 N–H and O–H groups in total. The predicted molar refractivity (Wildman–Crippen MR) is 72.0 cm³/mol. The Morgan fingerprint density at radius 2 is 2.21 bits per heavy atom. The Morgan fingerprint density at radius 3 is 2.89 bits per heavy atom. The summed E-state index contributed by atoms with van der Waals surface area (Å²) in [7, 11) is 3.63. The smallest absolute Gasteiger partial charge is 0.365 e. The minimum absolute atomic E-state index is 0.139. The normalized spacial score (nSPS) is 16.3. The van der Waals surface area contributed by atoms with Crippen molar-refractivity contribution in [3.05, 3.63) is 41.7 Å². The predicted octanol–water partition coefficient (Wildman–Crippen LogP) is 1.73. The van der Waals surface area contributed by atoms with Gasteiger partial charge in [-0.3, -0.25) is 0 Å². The Bertz CT molecular complexity index is 547. The summed E-state index contributed by atoms with van der Waals surface area (Å²) in [5, 5.41) is 0. The number of hydrogen-bond acceptors (Lipinski definition) is 5. The van der Waals surface area contributed by atoms with E-state index in [4.69, 9.17) is 9.47 Å². The maximum absolute atomic E-state index is 11.5. The lowest BCUT2D eigenvalue weighted by molar-refractivity contribution is -0.130. The van der Waals surface area contributed by atoms with Gasteiger partial charge in [-0.2, -0.15) is 0 Å². The first kappa shape index (κ1) is 13.1. The van der Waals surface area contributed by atoms with Crippen LogP contribution < -0.4 is 4.74 Å². The van der Waals surface area contributed by atoms with Gasteiger partial charge in [-0.1, -0.05) is 12.1 Å². The van der Waals surface area contributed by atoms with E-state index in [1.165, 1.54) is 0 Å². The molecule has 0 radical (unpaired) electrons. The molecule has 2 rings (SSSR count). The molecule has 5 nitrogen and oxygen atoms in total. The molecule has 0 saturated heterocycles. The van der Waals surface area contributed by atoms with Gasteiger partial charge in [-0.25, -0.2) is 9.79 Å². The van der Waals surface area contributed by atoms with E-state index in [1.807, 2.05) is 45.3 Å². The van der Waals surface area contributed by atoms with E-state index in [0.717, 1.165) is 11.3 Å². The molecule has 100 valence electrons. The van der Waals surface area contributed by atoms with Crippen LogP contribution in [0.3, 0.4) is 0 Å². The molecular weight excluding hydrogens is 244 g/mol. The minimum Gasteiger partial charge on any atom is -0.484 e. The molecule has 1 aliphatic heterocycles. The molecule has 1 aliphatic rings. The number of ether oxygens (including phenoxy) is 2. The Hall–Kier alpha value is -2.30. The number of nitrogens with zero attached hydrogens (tertiary/aromatic N) is 2. The van der Waals surface area contributed by atoms with Crippen molar-refractivity contribution in [1.82, 2.24) is 4.90 Å². The van der Waals surface area contributed by atoms with Gasteiger partial charge in [0.25, 0.3) is 0 Å². The second-order valence-corrected chi connectivity index (χ2v) is 4.48. The number of aryl methyl sites for hydroxylation is 1. The van der Waals surface area contributed by atoms with Crippen LogP contribution in [0.5, 0.6) is 5.75 Å². The molecule has 0 unspecified atom stereocenters. The van der Waals surface area contributed by atoms with Gasteiger partial charge in [0.05, 0.1) is 0 Å². The first-order valence-corrected chi connectivity index (χ1v) is 5.92. The van der Waals surface area contributed by atoms with Gasteiger partial charge >= 0.3 is 5.97 Å². The zero-order valence-electron chi connectivity index (χ0n) is 11.2. The van der Waals surface area contributed by atoms with Crippen molar-refractivity contribution in [1.29, 1.82) is 0 Å². The monoisotopic (exact) mass is 260 g/mol. The van der Waals surface area contributed by atoms with E-state index >= 15 is 0 Å². The minimum atomic E-state index is -0.448. The maximum Gasteiger partial charge on any atom is 0.365 e. The Morgan fingerprint density at radius 1 is 1.42 bits per heavy atom. The summed E-state index contributed by atoms with van der Waals surface area (Å²) in [6, 6.07) is 7.65. The maximum atomic E-state index is 11.5. The number of benzene rings is 1. The van der Waals surface area contributed by atoms with Gasteiger partial charge < -0.3 is 14.4 Å². The number of hydrogen-bond donors (Lipinski definition) is 0. The Kier molecular flexibility index (Phi) is 3.85. The summed E-state index contributed by atoms with van der Waals surface area (Å²) in [6.07, 6.45) is 1.61. The largest absolute Gasteiger partial charge is 0.484 e. The van der Waals surface area contributed by atoms with Crippen LogP contribution in [0.2, 0.25) is 0 Å². The molecule has 5 heteroatoms. The van der Waals surface area contributed by atoms with Crippen molar-refractivity contribution >= 4 is 11.9 Å². The lowest BCUT2D eigenvalue weighted by Crippen LogP contribution is -2.13. The standard InChI is InChI=1S/C14H16N2O3/c1-10-5-4-6-11(7-10)18-9-13-15-12(8-16(2)3)14(17)19-13/h4-8H,9H2,1-3H3/b12-8+. The highest BCUT2D eigenvalue weighted by atomic mass is 16.6. The number of esters is 1. The molecular formula is C14H16N2O3. The third-order valence-electron chi connectivity index (χ3n) is 2.40. The van der Waals surface area contributed by atoms with Gasteiger partial charge in [-0.15, -0.1) is 0 Å². The second kappa shape index (κ2) is 5.56. The SMILES string of the molecule is Cc1cccc(OCC2=N/C(=C/N(C)C)C(=O)O2)c1. The van der Waals surface area contributed by atoms with Gasteiger partial charge in [-0.05, 0) is 24.6 Å². The summed E-state index contributed by atoms with van der Waals surface area (Å²) in [4.78, 5) is 17.3. The van der Waals surface area contributed by atoms with Crippen LogP contribution in [0.15, 0.2) is 41.2 Å². The van der Waals surface area contributed by atoms with Crippen LogP contribution in [-0.2, 0) is 9.53 Å². The van der Waals surface area contributed by atoms with E-state index in [-0.39, 0.29) is 18.2 Å². The van der Waals surface area contributed by atoms with Gasteiger partial charge in [0, 0.05) is 20.3 Å². The molecule has 19 heavy (non-hydrogen) atoms. The first-order chi connectivity index (χ1) is 9.04. The number of cyclic esters (lactones) is 1. The number of rotatable bonds is 4. The summed E-state index contributed by atoms with van der Waals surface area (Å²) in [5.74, 6) is 0.555. The van der Waals surface area contributed by atoms with E-state index in [1.54, 1.807) is 11.1 Å². The van der Waals surface area contributed by atoms with Crippen LogP contribution in [0.4, 0.5) is 0 Å². The van der Waals surface area contributed by atoms with E-state index in [9.17, 15) is 4.79 Å². The third-order valence-corrected chi connectivity index (χ3v) is 2.40. The molecule has 0 aromatic heterocycles. The van der Waals surface area contributed by atoms with Gasteiger partial charge in [0.1, 0.15) is 5.75 Å². The summed E-state index contributed by atoms with van der Waals surface area (Å²) in [6.45, 7) is 2.12. The highest BCUT2D eigenvalue weighted by Gasteiger charge is 2.23. The topological polar surface area (TPSA) is 51.1 Å². The fraction of sp³-hybridized carbons (Fsp3) is 0.286. The highest BCUT2D eigenvalue weighted by molar-refractivity contribution is 6.04. The van der Waals surface area contributed by atoms with Crippen molar-refractivity contribution < 1.29 is 14.3 Å². The van der Waals surface area contributed by atoms with Crippen LogP contribution in [-0.4, -0.2) is 37.5 Å². The van der Waals surface area contributed by atoms with Crippen molar-refractivity contribution in [3.63, 3.8) is 0 Å². The molecule has 0 bridgehead atoms. The van der Waals surface area contributed by atoms with Crippen molar-refractivity contribution in [3.8, 4) is 5.75 Å². The first-order valence-electron chi connectivity index (χ1n) is 5.92. The van der Waals surface area contributed by atoms with Crippen LogP contribution in [0, 0.1) is 6.92 Å². The zero-order valence-corrected chi connectivity index (χ0v) is 11.2. The van der Waals surface area contributed by atoms with E-state index < -0.39 is 5.97 Å². The van der Waals surface area contributed by atoms with E-state index in [2.05, 4.69) is 4.99 Å². The molecule has 0 atom stereocenters. The molecule has 0 aliphatic carbocycles. The molecule has 1 heterocycles. The molecule has 0 amide bonds. The fourth-order valence-electron chi connectivity index (χ4n) is 1.60. The summed E-state index contributed by atoms with van der Waals surface area (Å²) < 4.78 is 10.5. The second-order valence-electron chi connectivity index (χ2n) is 4.48. The average molecular weight is 260 g/mol.